The van der Waals surface area contributed by atoms with Gasteiger partial charge in [-0.3, -0.25) is 9.59 Å². The summed E-state index contributed by atoms with van der Waals surface area (Å²) in [5.74, 6) is -0.531. The monoisotopic (exact) mass is 313 g/mol. The molecule has 0 aliphatic carbocycles. The normalized spacial score (nSPS) is 11.6. The van der Waals surface area contributed by atoms with E-state index < -0.39 is 10.0 Å². The van der Waals surface area contributed by atoms with Gasteiger partial charge in [-0.15, -0.1) is 0 Å². The van der Waals surface area contributed by atoms with Crippen molar-refractivity contribution in [2.24, 2.45) is 0 Å². The predicted molar refractivity (Wildman–Crippen MR) is 77.8 cm³/mol. The standard InChI is InChI=1S/C14H19NO5S/c1-15(2)21(18,19)13-6-4-11(5-7-13)14(17)10-12(16)8-9-20-3/h4-7H,8-10H2,1-3H3. The molecule has 0 aromatic heterocycles. The van der Waals surface area contributed by atoms with Crippen molar-refractivity contribution in [3.63, 3.8) is 0 Å². The summed E-state index contributed by atoms with van der Waals surface area (Å²) < 4.78 is 29.6. The number of hydrogen-bond acceptors (Lipinski definition) is 5. The maximum atomic E-state index is 11.9. The van der Waals surface area contributed by atoms with Crippen LogP contribution in [0.5, 0.6) is 0 Å². The van der Waals surface area contributed by atoms with Crippen molar-refractivity contribution in [2.45, 2.75) is 17.7 Å². The van der Waals surface area contributed by atoms with Crippen molar-refractivity contribution < 1.29 is 22.7 Å². The number of rotatable bonds is 8. The van der Waals surface area contributed by atoms with Gasteiger partial charge in [0.25, 0.3) is 0 Å². The first-order valence-corrected chi connectivity index (χ1v) is 7.79. The molecular formula is C14H19NO5S. The van der Waals surface area contributed by atoms with E-state index in [0.29, 0.717) is 5.56 Å². The molecule has 0 amide bonds. The highest BCUT2D eigenvalue weighted by atomic mass is 32.2. The zero-order chi connectivity index (χ0) is 16.0. The predicted octanol–water partition coefficient (Wildman–Crippen LogP) is 1.12. The lowest BCUT2D eigenvalue weighted by Crippen LogP contribution is -2.22. The molecule has 21 heavy (non-hydrogen) atoms. The Morgan fingerprint density at radius 2 is 1.71 bits per heavy atom. The molecule has 116 valence electrons. The number of methoxy groups -OCH3 is 1. The number of hydrogen-bond donors (Lipinski definition) is 0. The van der Waals surface area contributed by atoms with Gasteiger partial charge < -0.3 is 4.74 Å². The van der Waals surface area contributed by atoms with E-state index >= 15 is 0 Å². The molecule has 6 nitrogen and oxygen atoms in total. The van der Waals surface area contributed by atoms with Crippen molar-refractivity contribution in [1.29, 1.82) is 0 Å². The van der Waals surface area contributed by atoms with Gasteiger partial charge in [-0.1, -0.05) is 12.1 Å². The fourth-order valence-electron chi connectivity index (χ4n) is 1.61. The van der Waals surface area contributed by atoms with Crippen molar-refractivity contribution in [3.8, 4) is 0 Å². The summed E-state index contributed by atoms with van der Waals surface area (Å²) in [6, 6.07) is 5.56. The molecule has 0 N–H and O–H groups in total. The molecule has 0 atom stereocenters. The first kappa shape index (κ1) is 17.5. The molecule has 1 rings (SSSR count). The molecule has 7 heteroatoms. The molecule has 0 bridgehead atoms. The summed E-state index contributed by atoms with van der Waals surface area (Å²) in [5, 5.41) is 0. The highest BCUT2D eigenvalue weighted by Crippen LogP contribution is 2.15. The van der Waals surface area contributed by atoms with Gasteiger partial charge in [-0.2, -0.15) is 0 Å². The van der Waals surface area contributed by atoms with Crippen LogP contribution in [0.15, 0.2) is 29.2 Å². The second-order valence-electron chi connectivity index (χ2n) is 4.69. The Bertz CT molecular complexity index is 605. The second-order valence-corrected chi connectivity index (χ2v) is 6.85. The van der Waals surface area contributed by atoms with Crippen molar-refractivity contribution in [3.05, 3.63) is 29.8 Å². The summed E-state index contributed by atoms with van der Waals surface area (Å²) in [5.41, 5.74) is 0.318. The lowest BCUT2D eigenvalue weighted by atomic mass is 10.1. The first-order chi connectivity index (χ1) is 9.78. The van der Waals surface area contributed by atoms with Crippen LogP contribution in [-0.4, -0.2) is 52.1 Å². The van der Waals surface area contributed by atoms with Gasteiger partial charge in [-0.25, -0.2) is 12.7 Å². The van der Waals surface area contributed by atoms with Crippen LogP contribution in [-0.2, 0) is 19.6 Å². The molecule has 0 fully saturated rings. The van der Waals surface area contributed by atoms with Crippen LogP contribution in [0.1, 0.15) is 23.2 Å². The molecule has 0 aliphatic rings. The van der Waals surface area contributed by atoms with Gasteiger partial charge in [0.15, 0.2) is 5.78 Å². The van der Waals surface area contributed by atoms with Crippen LogP contribution in [0, 0.1) is 0 Å². The minimum atomic E-state index is -3.52. The molecule has 1 aromatic rings. The van der Waals surface area contributed by atoms with E-state index in [4.69, 9.17) is 4.74 Å². The van der Waals surface area contributed by atoms with E-state index in [0.717, 1.165) is 4.31 Å². The number of carbonyl (C=O) groups excluding carboxylic acids is 2. The van der Waals surface area contributed by atoms with Gasteiger partial charge >= 0.3 is 0 Å². The van der Waals surface area contributed by atoms with Crippen LogP contribution in [0.3, 0.4) is 0 Å². The fraction of sp³-hybridized carbons (Fsp3) is 0.429. The van der Waals surface area contributed by atoms with Crippen LogP contribution < -0.4 is 0 Å². The Labute approximate surface area is 124 Å². The van der Waals surface area contributed by atoms with Crippen LogP contribution >= 0.6 is 0 Å². The van der Waals surface area contributed by atoms with Crippen LogP contribution in [0.4, 0.5) is 0 Å². The van der Waals surface area contributed by atoms with Gasteiger partial charge in [0, 0.05) is 33.2 Å². The SMILES string of the molecule is COCCC(=O)CC(=O)c1ccc(S(=O)(=O)N(C)C)cc1. The third-order valence-electron chi connectivity index (χ3n) is 2.90. The van der Waals surface area contributed by atoms with E-state index in [1.807, 2.05) is 0 Å². The number of carbonyl (C=O) groups is 2. The Morgan fingerprint density at radius 3 is 2.19 bits per heavy atom. The fourth-order valence-corrected chi connectivity index (χ4v) is 2.51. The molecule has 0 aliphatic heterocycles. The summed E-state index contributed by atoms with van der Waals surface area (Å²) in [7, 11) is 0.836. The van der Waals surface area contributed by atoms with Crippen molar-refractivity contribution in [2.75, 3.05) is 27.8 Å². The topological polar surface area (TPSA) is 80.8 Å². The van der Waals surface area contributed by atoms with E-state index in [9.17, 15) is 18.0 Å². The molecule has 1 aromatic carbocycles. The van der Waals surface area contributed by atoms with Crippen LogP contribution in [0.2, 0.25) is 0 Å². The van der Waals surface area contributed by atoms with Crippen molar-refractivity contribution >= 4 is 21.6 Å². The average Bonchev–Trinajstić information content (AvgIpc) is 2.45. The molecule has 0 heterocycles. The Kier molecular flexibility index (Phi) is 6.19. The summed E-state index contributed by atoms with van der Waals surface area (Å²) in [4.78, 5) is 23.5. The van der Waals surface area contributed by atoms with Gasteiger partial charge in [-0.05, 0) is 12.1 Å². The Hall–Kier alpha value is -1.57. The molecule has 0 radical (unpaired) electrons. The van der Waals surface area contributed by atoms with Crippen LogP contribution in [0.25, 0.3) is 0 Å². The van der Waals surface area contributed by atoms with Gasteiger partial charge in [0.1, 0.15) is 5.78 Å². The summed E-state index contributed by atoms with van der Waals surface area (Å²) in [6.45, 7) is 0.284. The quantitative estimate of drug-likeness (QED) is 0.530. The molecule has 0 spiro atoms. The highest BCUT2D eigenvalue weighted by Gasteiger charge is 2.18. The average molecular weight is 313 g/mol. The zero-order valence-electron chi connectivity index (χ0n) is 12.3. The Morgan fingerprint density at radius 1 is 1.14 bits per heavy atom. The van der Waals surface area contributed by atoms with Gasteiger partial charge in [0.05, 0.1) is 17.9 Å². The third-order valence-corrected chi connectivity index (χ3v) is 4.73. The molecule has 0 saturated heterocycles. The van der Waals surface area contributed by atoms with E-state index in [-0.39, 0.29) is 35.9 Å². The Balaban J connectivity index is 2.79. The number of nitrogens with zero attached hydrogens (tertiary/aromatic N) is 1. The maximum Gasteiger partial charge on any atom is 0.242 e. The summed E-state index contributed by atoms with van der Waals surface area (Å²) >= 11 is 0. The zero-order valence-corrected chi connectivity index (χ0v) is 13.1. The second kappa shape index (κ2) is 7.44. The first-order valence-electron chi connectivity index (χ1n) is 6.35. The summed E-state index contributed by atoms with van der Waals surface area (Å²) in [6.07, 6.45) is -0.0154. The molecular weight excluding hydrogens is 294 g/mol. The van der Waals surface area contributed by atoms with Crippen molar-refractivity contribution in [1.82, 2.24) is 4.31 Å². The number of ketones is 2. The van der Waals surface area contributed by atoms with Gasteiger partial charge in [0.2, 0.25) is 10.0 Å². The van der Waals surface area contributed by atoms with E-state index in [2.05, 4.69) is 0 Å². The van der Waals surface area contributed by atoms with E-state index in [1.165, 1.54) is 45.5 Å². The number of Topliss-reactive ketones (excluding diaryl/α,β-unsaturated/α-hetero) is 2. The largest absolute Gasteiger partial charge is 0.384 e. The maximum absolute atomic E-state index is 11.9. The number of benzene rings is 1. The smallest absolute Gasteiger partial charge is 0.242 e. The minimum Gasteiger partial charge on any atom is -0.384 e. The van der Waals surface area contributed by atoms with E-state index in [1.54, 1.807) is 0 Å². The molecule has 0 saturated carbocycles. The third kappa shape index (κ3) is 4.73. The number of sulfonamides is 1. The molecule has 0 unspecified atom stereocenters. The number of ether oxygens (including phenoxy) is 1. The lowest BCUT2D eigenvalue weighted by molar-refractivity contribution is -0.119. The minimum absolute atomic E-state index is 0.106. The highest BCUT2D eigenvalue weighted by molar-refractivity contribution is 7.89. The lowest BCUT2D eigenvalue weighted by Gasteiger charge is -2.11.